The lowest BCUT2D eigenvalue weighted by atomic mass is 9.96. The molecular formula is C11H14N4O. The molecule has 2 rings (SSSR count). The summed E-state index contributed by atoms with van der Waals surface area (Å²) in [4.78, 5) is 12.6. The maximum absolute atomic E-state index is 5.67. The molecule has 0 spiro atoms. The van der Waals surface area contributed by atoms with Gasteiger partial charge in [-0.15, -0.1) is 0 Å². The maximum Gasteiger partial charge on any atom is 0.223 e. The van der Waals surface area contributed by atoms with Crippen LogP contribution in [0.25, 0.3) is 11.4 Å². The number of nitrogens with zero attached hydrogens (tertiary/aromatic N) is 3. The van der Waals surface area contributed by atoms with Crippen LogP contribution in [0.5, 0.6) is 0 Å². The Morgan fingerprint density at radius 1 is 1.19 bits per heavy atom. The predicted molar refractivity (Wildman–Crippen MR) is 60.6 cm³/mol. The molecule has 2 N–H and O–H groups in total. The molecule has 5 nitrogen and oxygen atoms in total. The van der Waals surface area contributed by atoms with Gasteiger partial charge in [0.1, 0.15) is 12.1 Å². The van der Waals surface area contributed by atoms with Gasteiger partial charge in [-0.25, -0.2) is 4.98 Å². The first-order valence-electron chi connectivity index (χ1n) is 5.01. The highest BCUT2D eigenvalue weighted by atomic mass is 16.3. The summed E-state index contributed by atoms with van der Waals surface area (Å²) in [6.07, 6.45) is 3.16. The number of hydrogen-bond donors (Lipinski definition) is 1. The topological polar surface area (TPSA) is 77.8 Å². The van der Waals surface area contributed by atoms with E-state index in [0.29, 0.717) is 11.6 Å². The maximum atomic E-state index is 5.67. The van der Waals surface area contributed by atoms with Crippen molar-refractivity contribution in [1.82, 2.24) is 15.0 Å². The summed E-state index contributed by atoms with van der Waals surface area (Å²) in [6.45, 7) is 6.09. The van der Waals surface area contributed by atoms with Crippen LogP contribution in [-0.4, -0.2) is 15.0 Å². The molecule has 0 fully saturated rings. The number of nitrogen functional groups attached to an aromatic ring is 1. The molecule has 0 amide bonds. The van der Waals surface area contributed by atoms with E-state index in [4.69, 9.17) is 10.2 Å². The quantitative estimate of drug-likeness (QED) is 0.792. The van der Waals surface area contributed by atoms with E-state index in [9.17, 15) is 0 Å². The third kappa shape index (κ3) is 2.03. The molecular weight excluding hydrogens is 204 g/mol. The molecule has 0 unspecified atom stereocenters. The van der Waals surface area contributed by atoms with Gasteiger partial charge in [-0.1, -0.05) is 20.8 Å². The molecule has 0 aliphatic carbocycles. The number of nitrogens with two attached hydrogens (primary N) is 1. The van der Waals surface area contributed by atoms with Gasteiger partial charge in [-0.2, -0.15) is 9.97 Å². The summed E-state index contributed by atoms with van der Waals surface area (Å²) in [5.41, 5.74) is 6.32. The van der Waals surface area contributed by atoms with Crippen LogP contribution < -0.4 is 5.73 Å². The highest BCUT2D eigenvalue weighted by Gasteiger charge is 2.19. The average Bonchev–Trinajstić information content (AvgIpc) is 2.68. The van der Waals surface area contributed by atoms with Crippen molar-refractivity contribution in [3.63, 3.8) is 0 Å². The van der Waals surface area contributed by atoms with Crippen molar-refractivity contribution < 1.29 is 4.42 Å². The number of anilines is 1. The minimum absolute atomic E-state index is 0.157. The summed E-state index contributed by atoms with van der Waals surface area (Å²) in [6, 6.07) is 1.79. The largest absolute Gasteiger partial charge is 0.472 e. The normalized spacial score (nSPS) is 11.7. The predicted octanol–water partition coefficient (Wildman–Crippen LogP) is 2.01. The molecule has 5 heteroatoms. The van der Waals surface area contributed by atoms with E-state index in [1.807, 2.05) is 20.8 Å². The minimum Gasteiger partial charge on any atom is -0.472 e. The van der Waals surface area contributed by atoms with Crippen LogP contribution in [0.3, 0.4) is 0 Å². The van der Waals surface area contributed by atoms with Gasteiger partial charge in [0.15, 0.2) is 5.82 Å². The summed E-state index contributed by atoms with van der Waals surface area (Å²) in [5, 5.41) is 0. The zero-order chi connectivity index (χ0) is 11.8. The van der Waals surface area contributed by atoms with Crippen LogP contribution >= 0.6 is 0 Å². The second-order valence-corrected chi connectivity index (χ2v) is 4.60. The molecule has 0 atom stereocenters. The SMILES string of the molecule is CC(C)(C)c1nc(N)nc(-c2ccoc2)n1. The molecule has 0 aromatic carbocycles. The third-order valence-corrected chi connectivity index (χ3v) is 2.10. The third-order valence-electron chi connectivity index (χ3n) is 2.10. The fourth-order valence-electron chi connectivity index (χ4n) is 1.25. The van der Waals surface area contributed by atoms with Crippen LogP contribution in [0.4, 0.5) is 5.95 Å². The summed E-state index contributed by atoms with van der Waals surface area (Å²) < 4.78 is 4.99. The second-order valence-electron chi connectivity index (χ2n) is 4.60. The Labute approximate surface area is 93.7 Å². The summed E-state index contributed by atoms with van der Waals surface area (Å²) in [5.74, 6) is 1.46. The van der Waals surface area contributed by atoms with Gasteiger partial charge >= 0.3 is 0 Å². The molecule has 2 aromatic heterocycles. The Bertz CT molecular complexity index is 485. The first-order valence-corrected chi connectivity index (χ1v) is 5.01. The molecule has 0 radical (unpaired) electrons. The number of furan rings is 1. The Morgan fingerprint density at radius 3 is 2.50 bits per heavy atom. The fraction of sp³-hybridized carbons (Fsp3) is 0.364. The van der Waals surface area contributed by atoms with E-state index in [2.05, 4.69) is 15.0 Å². The van der Waals surface area contributed by atoms with E-state index in [0.717, 1.165) is 5.56 Å². The lowest BCUT2D eigenvalue weighted by Gasteiger charge is -2.16. The van der Waals surface area contributed by atoms with Gasteiger partial charge < -0.3 is 10.2 Å². The first kappa shape index (κ1) is 10.6. The van der Waals surface area contributed by atoms with Crippen LogP contribution in [0.2, 0.25) is 0 Å². The molecule has 2 heterocycles. The Kier molecular flexibility index (Phi) is 2.38. The average molecular weight is 218 g/mol. The number of hydrogen-bond acceptors (Lipinski definition) is 5. The zero-order valence-corrected chi connectivity index (χ0v) is 9.56. The highest BCUT2D eigenvalue weighted by molar-refractivity contribution is 5.53. The van der Waals surface area contributed by atoms with E-state index in [-0.39, 0.29) is 11.4 Å². The number of aromatic nitrogens is 3. The van der Waals surface area contributed by atoms with Crippen molar-refractivity contribution in [2.75, 3.05) is 5.73 Å². The van der Waals surface area contributed by atoms with Crippen molar-refractivity contribution in [1.29, 1.82) is 0 Å². The van der Waals surface area contributed by atoms with Crippen LogP contribution in [0.15, 0.2) is 23.0 Å². The zero-order valence-electron chi connectivity index (χ0n) is 9.56. The highest BCUT2D eigenvalue weighted by Crippen LogP contribution is 2.22. The molecule has 0 aliphatic heterocycles. The van der Waals surface area contributed by atoms with Gasteiger partial charge in [-0.05, 0) is 6.07 Å². The fourth-order valence-corrected chi connectivity index (χ4v) is 1.25. The number of rotatable bonds is 1. The van der Waals surface area contributed by atoms with Crippen molar-refractivity contribution in [2.45, 2.75) is 26.2 Å². The minimum atomic E-state index is -0.157. The van der Waals surface area contributed by atoms with Gasteiger partial charge in [0.25, 0.3) is 0 Å². The van der Waals surface area contributed by atoms with Crippen molar-refractivity contribution in [3.05, 3.63) is 24.4 Å². The Balaban J connectivity index is 2.53. The second kappa shape index (κ2) is 3.59. The summed E-state index contributed by atoms with van der Waals surface area (Å²) >= 11 is 0. The van der Waals surface area contributed by atoms with Gasteiger partial charge in [0, 0.05) is 5.41 Å². The van der Waals surface area contributed by atoms with Crippen LogP contribution in [0.1, 0.15) is 26.6 Å². The van der Waals surface area contributed by atoms with Gasteiger partial charge in [0.2, 0.25) is 5.95 Å². The van der Waals surface area contributed by atoms with Crippen molar-refractivity contribution >= 4 is 5.95 Å². The molecule has 0 saturated heterocycles. The van der Waals surface area contributed by atoms with E-state index < -0.39 is 0 Å². The molecule has 0 bridgehead atoms. The summed E-state index contributed by atoms with van der Waals surface area (Å²) in [7, 11) is 0. The molecule has 2 aromatic rings. The molecule has 84 valence electrons. The van der Waals surface area contributed by atoms with Gasteiger partial charge in [-0.3, -0.25) is 0 Å². The van der Waals surface area contributed by atoms with Crippen LogP contribution in [0, 0.1) is 0 Å². The van der Waals surface area contributed by atoms with Gasteiger partial charge in [0.05, 0.1) is 11.8 Å². The molecule has 0 aliphatic rings. The first-order chi connectivity index (χ1) is 7.47. The Hall–Kier alpha value is -1.91. The lowest BCUT2D eigenvalue weighted by Crippen LogP contribution is -2.18. The molecule has 16 heavy (non-hydrogen) atoms. The monoisotopic (exact) mass is 218 g/mol. The van der Waals surface area contributed by atoms with E-state index in [1.165, 1.54) is 0 Å². The van der Waals surface area contributed by atoms with Crippen molar-refractivity contribution in [2.24, 2.45) is 0 Å². The standard InChI is InChI=1S/C11H14N4O/c1-11(2,3)9-13-8(14-10(12)15-9)7-4-5-16-6-7/h4-6H,1-3H3,(H2,12,13,14,15). The van der Waals surface area contributed by atoms with Crippen molar-refractivity contribution in [3.8, 4) is 11.4 Å². The Morgan fingerprint density at radius 2 is 1.94 bits per heavy atom. The van der Waals surface area contributed by atoms with E-state index >= 15 is 0 Å². The van der Waals surface area contributed by atoms with Crippen LogP contribution in [-0.2, 0) is 5.41 Å². The van der Waals surface area contributed by atoms with E-state index in [1.54, 1.807) is 18.6 Å². The lowest BCUT2D eigenvalue weighted by molar-refractivity contribution is 0.543. The smallest absolute Gasteiger partial charge is 0.223 e. The molecule has 0 saturated carbocycles.